The lowest BCUT2D eigenvalue weighted by Crippen LogP contribution is -2.45. The van der Waals surface area contributed by atoms with Crippen LogP contribution in [0, 0.1) is 11.7 Å². The Bertz CT molecular complexity index is 859. The van der Waals surface area contributed by atoms with E-state index in [1.165, 1.54) is 34.5 Å². The predicted octanol–water partition coefficient (Wildman–Crippen LogP) is 1.25. The minimum absolute atomic E-state index is 0.0356. The molecule has 1 amide bonds. The van der Waals surface area contributed by atoms with Crippen molar-refractivity contribution in [2.45, 2.75) is 22.9 Å². The molecular weight excluding hydrogens is 393 g/mol. The van der Waals surface area contributed by atoms with Crippen LogP contribution in [0.2, 0.25) is 0 Å². The number of piperidine rings is 1. The lowest BCUT2D eigenvalue weighted by atomic mass is 9.99. The number of aromatic amines is 1. The summed E-state index contributed by atoms with van der Waals surface area (Å²) in [6.45, 7) is 0.928. The van der Waals surface area contributed by atoms with Crippen LogP contribution in [0.5, 0.6) is 0 Å². The average Bonchev–Trinajstić information content (AvgIpc) is 3.19. The van der Waals surface area contributed by atoms with Crippen LogP contribution in [0.4, 0.5) is 4.39 Å². The molecule has 1 aromatic carbocycles. The van der Waals surface area contributed by atoms with Gasteiger partial charge in [0.25, 0.3) is 0 Å². The summed E-state index contributed by atoms with van der Waals surface area (Å²) < 4.78 is 39.8. The number of halogens is 1. The van der Waals surface area contributed by atoms with E-state index in [1.807, 2.05) is 0 Å². The topological polar surface area (TPSA) is 108 Å². The number of hydrogen-bond donors (Lipinski definition) is 2. The number of nitrogens with zero attached hydrogens (tertiary/aromatic N) is 3. The molecule has 27 heavy (non-hydrogen) atoms. The molecule has 8 nitrogen and oxygen atoms in total. The number of rotatable bonds is 7. The van der Waals surface area contributed by atoms with Gasteiger partial charge in [0.05, 0.1) is 10.8 Å². The van der Waals surface area contributed by atoms with Crippen molar-refractivity contribution in [1.29, 1.82) is 0 Å². The Morgan fingerprint density at radius 1 is 1.37 bits per heavy atom. The molecule has 3 rings (SSSR count). The third-order valence-corrected chi connectivity index (χ3v) is 7.00. The summed E-state index contributed by atoms with van der Waals surface area (Å²) in [7, 11) is -3.74. The first-order chi connectivity index (χ1) is 13.0. The van der Waals surface area contributed by atoms with Gasteiger partial charge in [-0.1, -0.05) is 11.8 Å². The fraction of sp³-hybridized carbons (Fsp3) is 0.438. The number of nitrogens with one attached hydrogen (secondary N) is 2. The van der Waals surface area contributed by atoms with Crippen molar-refractivity contribution in [3.8, 4) is 0 Å². The number of thioether (sulfide) groups is 1. The largest absolute Gasteiger partial charge is 0.355 e. The number of benzene rings is 1. The van der Waals surface area contributed by atoms with Gasteiger partial charge in [-0.05, 0) is 37.1 Å². The van der Waals surface area contributed by atoms with Crippen LogP contribution in [-0.4, -0.2) is 59.2 Å². The molecule has 146 valence electrons. The van der Waals surface area contributed by atoms with Crippen molar-refractivity contribution in [1.82, 2.24) is 24.8 Å². The minimum atomic E-state index is -3.74. The van der Waals surface area contributed by atoms with E-state index in [-0.39, 0.29) is 17.3 Å². The van der Waals surface area contributed by atoms with Gasteiger partial charge >= 0.3 is 0 Å². The molecule has 1 aliphatic heterocycles. The highest BCUT2D eigenvalue weighted by molar-refractivity contribution is 7.99. The second-order valence-electron chi connectivity index (χ2n) is 6.09. The predicted molar refractivity (Wildman–Crippen MR) is 98.0 cm³/mol. The molecule has 1 unspecified atom stereocenters. The van der Waals surface area contributed by atoms with Crippen LogP contribution in [0.1, 0.15) is 12.8 Å². The third-order valence-electron chi connectivity index (χ3n) is 4.24. The van der Waals surface area contributed by atoms with Crippen molar-refractivity contribution < 1.29 is 17.6 Å². The standard InChI is InChI=1S/C16H20FN5O3S2/c17-13-3-5-14(6-4-13)27(24,25)22-8-1-2-12(10-22)15(23)18-7-9-26-16-19-11-20-21-16/h3-6,11-12H,1-2,7-10H2,(H,18,23)(H,19,20,21). The minimum Gasteiger partial charge on any atom is -0.355 e. The van der Waals surface area contributed by atoms with Crippen molar-refractivity contribution in [3.05, 3.63) is 36.4 Å². The van der Waals surface area contributed by atoms with Gasteiger partial charge in [-0.15, -0.1) is 0 Å². The first-order valence-electron chi connectivity index (χ1n) is 8.48. The molecule has 0 saturated carbocycles. The smallest absolute Gasteiger partial charge is 0.243 e. The molecule has 2 aromatic rings. The summed E-state index contributed by atoms with van der Waals surface area (Å²) in [6, 6.07) is 4.73. The van der Waals surface area contributed by atoms with Crippen LogP contribution < -0.4 is 5.32 Å². The fourth-order valence-electron chi connectivity index (χ4n) is 2.86. The molecule has 0 radical (unpaired) electrons. The number of carbonyl (C=O) groups is 1. The molecule has 11 heteroatoms. The van der Waals surface area contributed by atoms with Crippen LogP contribution in [-0.2, 0) is 14.8 Å². The first kappa shape index (κ1) is 19.8. The van der Waals surface area contributed by atoms with Crippen molar-refractivity contribution in [3.63, 3.8) is 0 Å². The van der Waals surface area contributed by atoms with Crippen molar-refractivity contribution >= 4 is 27.7 Å². The van der Waals surface area contributed by atoms with Crippen LogP contribution in [0.25, 0.3) is 0 Å². The number of hydrogen-bond acceptors (Lipinski definition) is 6. The maximum absolute atomic E-state index is 13.1. The van der Waals surface area contributed by atoms with Gasteiger partial charge in [0.1, 0.15) is 12.1 Å². The zero-order valence-electron chi connectivity index (χ0n) is 14.5. The highest BCUT2D eigenvalue weighted by Crippen LogP contribution is 2.24. The molecule has 1 aromatic heterocycles. The van der Waals surface area contributed by atoms with E-state index < -0.39 is 21.8 Å². The lowest BCUT2D eigenvalue weighted by Gasteiger charge is -2.31. The van der Waals surface area contributed by atoms with E-state index in [0.29, 0.717) is 36.8 Å². The van der Waals surface area contributed by atoms with E-state index >= 15 is 0 Å². The van der Waals surface area contributed by atoms with Gasteiger partial charge in [0, 0.05) is 25.4 Å². The summed E-state index contributed by atoms with van der Waals surface area (Å²) in [5.74, 6) is -0.421. The maximum Gasteiger partial charge on any atom is 0.243 e. The monoisotopic (exact) mass is 413 g/mol. The van der Waals surface area contributed by atoms with Gasteiger partial charge in [-0.25, -0.2) is 17.8 Å². The lowest BCUT2D eigenvalue weighted by molar-refractivity contribution is -0.125. The van der Waals surface area contributed by atoms with Gasteiger partial charge in [0.2, 0.25) is 15.9 Å². The number of aromatic nitrogens is 3. The SMILES string of the molecule is O=C(NCCSc1ncn[nH]1)C1CCCN(S(=O)(=O)c2ccc(F)cc2)C1. The van der Waals surface area contributed by atoms with Crippen molar-refractivity contribution in [2.75, 3.05) is 25.4 Å². The van der Waals surface area contributed by atoms with Crippen LogP contribution >= 0.6 is 11.8 Å². The molecule has 0 spiro atoms. The van der Waals surface area contributed by atoms with Gasteiger partial charge < -0.3 is 5.32 Å². The molecule has 1 fully saturated rings. The maximum atomic E-state index is 13.1. The van der Waals surface area contributed by atoms with E-state index in [9.17, 15) is 17.6 Å². The Hall–Kier alpha value is -1.98. The molecule has 0 bridgehead atoms. The number of amides is 1. The van der Waals surface area contributed by atoms with Gasteiger partial charge in [0.15, 0.2) is 5.16 Å². The third kappa shape index (κ3) is 5.05. The van der Waals surface area contributed by atoms with Crippen LogP contribution in [0.15, 0.2) is 40.6 Å². The average molecular weight is 414 g/mol. The highest BCUT2D eigenvalue weighted by atomic mass is 32.2. The zero-order valence-corrected chi connectivity index (χ0v) is 16.1. The summed E-state index contributed by atoms with van der Waals surface area (Å²) in [5, 5.41) is 9.99. The Morgan fingerprint density at radius 3 is 2.85 bits per heavy atom. The number of H-pyrrole nitrogens is 1. The molecule has 1 saturated heterocycles. The molecule has 1 aliphatic rings. The summed E-state index contributed by atoms with van der Waals surface area (Å²) in [6.07, 6.45) is 2.65. The molecule has 2 N–H and O–H groups in total. The first-order valence-corrected chi connectivity index (χ1v) is 10.9. The molecule has 0 aliphatic carbocycles. The van der Waals surface area contributed by atoms with E-state index in [1.54, 1.807) is 0 Å². The van der Waals surface area contributed by atoms with Crippen molar-refractivity contribution in [2.24, 2.45) is 5.92 Å². The molecular formula is C16H20FN5O3S2. The Morgan fingerprint density at radius 2 is 2.15 bits per heavy atom. The Balaban J connectivity index is 1.53. The quantitative estimate of drug-likeness (QED) is 0.523. The van der Waals surface area contributed by atoms with Crippen LogP contribution in [0.3, 0.4) is 0 Å². The fourth-order valence-corrected chi connectivity index (χ4v) is 5.02. The van der Waals surface area contributed by atoms with Gasteiger partial charge in [-0.2, -0.15) is 9.40 Å². The van der Waals surface area contributed by atoms with E-state index in [2.05, 4.69) is 20.5 Å². The normalized spacial score (nSPS) is 18.3. The van der Waals surface area contributed by atoms with Gasteiger partial charge in [-0.3, -0.25) is 9.89 Å². The Labute approximate surface area is 161 Å². The number of carbonyl (C=O) groups excluding carboxylic acids is 1. The summed E-state index contributed by atoms with van der Waals surface area (Å²) >= 11 is 1.44. The Kier molecular flexibility index (Phi) is 6.45. The summed E-state index contributed by atoms with van der Waals surface area (Å²) in [4.78, 5) is 16.4. The molecule has 1 atom stereocenters. The number of sulfonamides is 1. The zero-order chi connectivity index (χ0) is 19.3. The molecule has 2 heterocycles. The van der Waals surface area contributed by atoms with E-state index in [0.717, 1.165) is 12.1 Å². The second-order valence-corrected chi connectivity index (χ2v) is 9.11. The highest BCUT2D eigenvalue weighted by Gasteiger charge is 2.33. The van der Waals surface area contributed by atoms with E-state index in [4.69, 9.17) is 0 Å². The summed E-state index contributed by atoms with van der Waals surface area (Å²) in [5.41, 5.74) is 0. The second kappa shape index (κ2) is 8.81.